The number of aryl methyl sites for hydroxylation is 2. The minimum absolute atomic E-state index is 0.0285. The molecular weight excluding hydrogens is 312 g/mol. The number of hydrogen-bond donors (Lipinski definition) is 0. The summed E-state index contributed by atoms with van der Waals surface area (Å²) in [5, 5.41) is 6.53. The molecular formula is C20H22N4O. The standard InChI is InChI=1S/C20H22N4O/c1-14-12-15(2)24(22-14)13-17-7-5-11-23(17)20(25)19-18-8-4-3-6-16(18)9-10-21-19/h3-4,6,8-10,12,17H,5,7,11,13H2,1-2H3/t17-/m0/s1. The molecule has 5 heteroatoms. The SMILES string of the molecule is Cc1cc(C)n(C[C@@H]2CCCN2C(=O)c2nccc3ccccc23)n1. The van der Waals surface area contributed by atoms with Gasteiger partial charge >= 0.3 is 0 Å². The highest BCUT2D eigenvalue weighted by molar-refractivity contribution is 6.05. The lowest BCUT2D eigenvalue weighted by molar-refractivity contribution is 0.0717. The number of carbonyl (C=O) groups excluding carboxylic acids is 1. The highest BCUT2D eigenvalue weighted by Crippen LogP contribution is 2.24. The fraction of sp³-hybridized carbons (Fsp3) is 0.350. The Morgan fingerprint density at radius 3 is 2.88 bits per heavy atom. The number of pyridine rings is 1. The summed E-state index contributed by atoms with van der Waals surface area (Å²) in [6, 6.07) is 12.1. The summed E-state index contributed by atoms with van der Waals surface area (Å²) in [6.45, 7) is 5.60. The van der Waals surface area contributed by atoms with E-state index in [2.05, 4.69) is 23.1 Å². The molecule has 0 N–H and O–H groups in total. The fourth-order valence-electron chi connectivity index (χ4n) is 3.78. The first-order chi connectivity index (χ1) is 12.1. The second-order valence-corrected chi connectivity index (χ2v) is 6.78. The van der Waals surface area contributed by atoms with Gasteiger partial charge in [-0.25, -0.2) is 0 Å². The number of nitrogens with zero attached hydrogens (tertiary/aromatic N) is 4. The largest absolute Gasteiger partial charge is 0.332 e. The van der Waals surface area contributed by atoms with Crippen LogP contribution in [0.4, 0.5) is 0 Å². The summed E-state index contributed by atoms with van der Waals surface area (Å²) < 4.78 is 2.02. The van der Waals surface area contributed by atoms with E-state index in [1.807, 2.05) is 46.8 Å². The molecule has 0 bridgehead atoms. The molecule has 1 aliphatic heterocycles. The van der Waals surface area contributed by atoms with Gasteiger partial charge in [-0.05, 0) is 44.2 Å². The average Bonchev–Trinajstić information content (AvgIpc) is 3.20. The van der Waals surface area contributed by atoms with Gasteiger partial charge < -0.3 is 4.90 Å². The molecule has 5 nitrogen and oxygen atoms in total. The maximum atomic E-state index is 13.2. The van der Waals surface area contributed by atoms with Crippen molar-refractivity contribution in [2.75, 3.05) is 6.54 Å². The molecule has 3 heterocycles. The third-order valence-electron chi connectivity index (χ3n) is 5.00. The molecule has 1 fully saturated rings. The molecule has 2 aromatic heterocycles. The number of aromatic nitrogens is 3. The van der Waals surface area contributed by atoms with E-state index in [0.29, 0.717) is 5.69 Å². The first kappa shape index (κ1) is 15.8. The Labute approximate surface area is 147 Å². The van der Waals surface area contributed by atoms with Crippen LogP contribution in [0.5, 0.6) is 0 Å². The molecule has 1 aliphatic rings. The van der Waals surface area contributed by atoms with Gasteiger partial charge in [0.1, 0.15) is 5.69 Å². The minimum atomic E-state index is 0.0285. The molecule has 3 aromatic rings. The van der Waals surface area contributed by atoms with Crippen LogP contribution in [0.3, 0.4) is 0 Å². The van der Waals surface area contributed by atoms with Gasteiger partial charge in [-0.3, -0.25) is 14.5 Å². The Morgan fingerprint density at radius 2 is 2.08 bits per heavy atom. The summed E-state index contributed by atoms with van der Waals surface area (Å²) in [4.78, 5) is 19.6. The molecule has 1 atom stereocenters. The number of amides is 1. The molecule has 0 saturated carbocycles. The molecule has 25 heavy (non-hydrogen) atoms. The zero-order valence-electron chi connectivity index (χ0n) is 14.6. The van der Waals surface area contributed by atoms with Gasteiger partial charge in [0, 0.05) is 23.8 Å². The molecule has 0 radical (unpaired) electrons. The van der Waals surface area contributed by atoms with Crippen molar-refractivity contribution in [2.45, 2.75) is 39.3 Å². The maximum Gasteiger partial charge on any atom is 0.273 e. The van der Waals surface area contributed by atoms with Crippen molar-refractivity contribution in [1.29, 1.82) is 0 Å². The number of fused-ring (bicyclic) bond motifs is 1. The molecule has 1 aromatic carbocycles. The van der Waals surface area contributed by atoms with Crippen LogP contribution in [0.1, 0.15) is 34.7 Å². The molecule has 128 valence electrons. The van der Waals surface area contributed by atoms with E-state index in [4.69, 9.17) is 0 Å². The minimum Gasteiger partial charge on any atom is -0.332 e. The van der Waals surface area contributed by atoms with Gasteiger partial charge in [-0.1, -0.05) is 24.3 Å². The predicted molar refractivity (Wildman–Crippen MR) is 97.5 cm³/mol. The van der Waals surface area contributed by atoms with Crippen molar-refractivity contribution < 1.29 is 4.79 Å². The molecule has 1 amide bonds. The number of benzene rings is 1. The van der Waals surface area contributed by atoms with Gasteiger partial charge in [0.05, 0.1) is 18.3 Å². The Morgan fingerprint density at radius 1 is 1.24 bits per heavy atom. The second kappa shape index (κ2) is 6.31. The summed E-state index contributed by atoms with van der Waals surface area (Å²) in [6.07, 6.45) is 3.76. The van der Waals surface area contributed by atoms with E-state index in [1.54, 1.807) is 6.20 Å². The van der Waals surface area contributed by atoms with Crippen molar-refractivity contribution >= 4 is 16.7 Å². The molecule has 0 aliphatic carbocycles. The number of rotatable bonds is 3. The second-order valence-electron chi connectivity index (χ2n) is 6.78. The summed E-state index contributed by atoms with van der Waals surface area (Å²) in [5.74, 6) is 0.0285. The van der Waals surface area contributed by atoms with E-state index in [0.717, 1.165) is 48.1 Å². The maximum absolute atomic E-state index is 13.2. The third-order valence-corrected chi connectivity index (χ3v) is 5.00. The Hall–Kier alpha value is -2.69. The van der Waals surface area contributed by atoms with E-state index in [1.165, 1.54) is 0 Å². The van der Waals surface area contributed by atoms with Gasteiger partial charge in [-0.15, -0.1) is 0 Å². The Kier molecular flexibility index (Phi) is 3.99. The lowest BCUT2D eigenvalue weighted by Crippen LogP contribution is -2.39. The normalized spacial score (nSPS) is 17.4. The summed E-state index contributed by atoms with van der Waals surface area (Å²) in [7, 11) is 0. The highest BCUT2D eigenvalue weighted by atomic mass is 16.2. The Balaban J connectivity index is 1.63. The quantitative estimate of drug-likeness (QED) is 0.738. The van der Waals surface area contributed by atoms with Gasteiger partial charge in [0.15, 0.2) is 0 Å². The van der Waals surface area contributed by atoms with E-state index >= 15 is 0 Å². The van der Waals surface area contributed by atoms with Crippen molar-refractivity contribution in [2.24, 2.45) is 0 Å². The smallest absolute Gasteiger partial charge is 0.273 e. The Bertz CT molecular complexity index is 925. The average molecular weight is 334 g/mol. The number of likely N-dealkylation sites (tertiary alicyclic amines) is 1. The fourth-order valence-corrected chi connectivity index (χ4v) is 3.78. The van der Waals surface area contributed by atoms with Crippen LogP contribution in [0.2, 0.25) is 0 Å². The third kappa shape index (κ3) is 2.90. The highest BCUT2D eigenvalue weighted by Gasteiger charge is 2.31. The van der Waals surface area contributed by atoms with Gasteiger partial charge in [0.2, 0.25) is 0 Å². The van der Waals surface area contributed by atoms with E-state index in [9.17, 15) is 4.79 Å². The van der Waals surface area contributed by atoms with Crippen LogP contribution >= 0.6 is 0 Å². The van der Waals surface area contributed by atoms with Crippen molar-refractivity contribution in [3.63, 3.8) is 0 Å². The molecule has 0 spiro atoms. The zero-order valence-corrected chi connectivity index (χ0v) is 14.6. The summed E-state index contributed by atoms with van der Waals surface area (Å²) in [5.41, 5.74) is 2.71. The van der Waals surface area contributed by atoms with Crippen LogP contribution in [0.25, 0.3) is 10.8 Å². The lowest BCUT2D eigenvalue weighted by Gasteiger charge is -2.25. The molecule has 1 saturated heterocycles. The van der Waals surface area contributed by atoms with E-state index in [-0.39, 0.29) is 11.9 Å². The van der Waals surface area contributed by atoms with Gasteiger partial charge in [-0.2, -0.15) is 5.10 Å². The van der Waals surface area contributed by atoms with Crippen molar-refractivity contribution in [3.8, 4) is 0 Å². The topological polar surface area (TPSA) is 51.0 Å². The van der Waals surface area contributed by atoms with E-state index < -0.39 is 0 Å². The van der Waals surface area contributed by atoms with Crippen LogP contribution in [0.15, 0.2) is 42.6 Å². The van der Waals surface area contributed by atoms with Crippen LogP contribution < -0.4 is 0 Å². The molecule has 0 unspecified atom stereocenters. The van der Waals surface area contributed by atoms with Crippen LogP contribution in [-0.4, -0.2) is 38.2 Å². The predicted octanol–water partition coefficient (Wildman–Crippen LogP) is 3.35. The lowest BCUT2D eigenvalue weighted by atomic mass is 10.1. The van der Waals surface area contributed by atoms with Crippen LogP contribution in [-0.2, 0) is 6.54 Å². The monoisotopic (exact) mass is 334 g/mol. The molecule has 4 rings (SSSR count). The van der Waals surface area contributed by atoms with Gasteiger partial charge in [0.25, 0.3) is 5.91 Å². The zero-order chi connectivity index (χ0) is 17.4. The number of hydrogen-bond acceptors (Lipinski definition) is 3. The first-order valence-corrected chi connectivity index (χ1v) is 8.79. The van der Waals surface area contributed by atoms with Crippen LogP contribution in [0, 0.1) is 13.8 Å². The summed E-state index contributed by atoms with van der Waals surface area (Å²) >= 11 is 0. The van der Waals surface area contributed by atoms with Crippen molar-refractivity contribution in [3.05, 3.63) is 59.7 Å². The first-order valence-electron chi connectivity index (χ1n) is 8.79. The number of carbonyl (C=O) groups is 1. The van der Waals surface area contributed by atoms with Crippen molar-refractivity contribution in [1.82, 2.24) is 19.7 Å².